The van der Waals surface area contributed by atoms with Gasteiger partial charge in [0.1, 0.15) is 11.5 Å². The van der Waals surface area contributed by atoms with Gasteiger partial charge in [-0.3, -0.25) is 5.10 Å². The van der Waals surface area contributed by atoms with Crippen molar-refractivity contribution in [1.82, 2.24) is 30.0 Å². The Hall–Kier alpha value is -4.45. The largest absolute Gasteiger partial charge is 0.463 e. The van der Waals surface area contributed by atoms with Crippen LogP contribution >= 0.6 is 0 Å². The third-order valence-electron chi connectivity index (χ3n) is 6.24. The number of aryl methyl sites for hydroxylation is 1. The van der Waals surface area contributed by atoms with Crippen molar-refractivity contribution < 1.29 is 17.9 Å². The highest BCUT2D eigenvalue weighted by Crippen LogP contribution is 2.33. The maximum Gasteiger partial charge on any atom is 0.233 e. The van der Waals surface area contributed by atoms with Gasteiger partial charge in [0.25, 0.3) is 0 Å². The quantitative estimate of drug-likeness (QED) is 0.301. The summed E-state index contributed by atoms with van der Waals surface area (Å²) in [5.74, 6) is 0.388. The number of hydrogen-bond acceptors (Lipinski definition) is 8. The fourth-order valence-corrected chi connectivity index (χ4v) is 4.30. The summed E-state index contributed by atoms with van der Waals surface area (Å²) in [6, 6.07) is 9.52. The summed E-state index contributed by atoms with van der Waals surface area (Å²) in [6.45, 7) is 4.94. The van der Waals surface area contributed by atoms with E-state index in [2.05, 4.69) is 47.3 Å². The molecule has 0 atom stereocenters. The predicted molar refractivity (Wildman–Crippen MR) is 134 cm³/mol. The van der Waals surface area contributed by atoms with Crippen LogP contribution in [0.4, 0.5) is 26.4 Å². The zero-order chi connectivity index (χ0) is 25.5. The fourth-order valence-electron chi connectivity index (χ4n) is 4.30. The molecule has 190 valence electrons. The lowest BCUT2D eigenvalue weighted by Gasteiger charge is -2.33. The Morgan fingerprint density at radius 1 is 1.08 bits per heavy atom. The van der Waals surface area contributed by atoms with Gasteiger partial charge in [-0.05, 0) is 32.2 Å². The van der Waals surface area contributed by atoms with E-state index in [0.717, 1.165) is 32.2 Å². The third kappa shape index (κ3) is 4.58. The fraction of sp³-hybridized carbons (Fsp3) is 0.240. The van der Waals surface area contributed by atoms with Gasteiger partial charge in [-0.2, -0.15) is 15.1 Å². The second-order valence-electron chi connectivity index (χ2n) is 8.96. The van der Waals surface area contributed by atoms with Crippen molar-refractivity contribution in [2.75, 3.05) is 43.4 Å². The Kier molecular flexibility index (Phi) is 5.72. The number of halogens is 2. The Morgan fingerprint density at radius 3 is 2.70 bits per heavy atom. The van der Waals surface area contributed by atoms with E-state index in [1.807, 2.05) is 6.07 Å². The number of furan rings is 1. The molecule has 0 aliphatic carbocycles. The molecule has 3 N–H and O–H groups in total. The number of H-pyrrole nitrogens is 2. The molecule has 37 heavy (non-hydrogen) atoms. The number of benzene rings is 1. The summed E-state index contributed by atoms with van der Waals surface area (Å²) < 4.78 is 41.1. The van der Waals surface area contributed by atoms with Crippen LogP contribution in [-0.4, -0.2) is 63.3 Å². The molecule has 1 fully saturated rings. The number of nitrogens with zero attached hydrogens (tertiary/aromatic N) is 5. The smallest absolute Gasteiger partial charge is 0.233 e. The molecule has 0 radical (unpaired) electrons. The number of anilines is 3. The monoisotopic (exact) mass is 506 g/mol. The molecule has 12 heteroatoms. The Labute approximate surface area is 210 Å². The van der Waals surface area contributed by atoms with Gasteiger partial charge < -0.3 is 29.3 Å². The molecule has 0 unspecified atom stereocenters. The number of aromatic nitrogens is 5. The minimum atomic E-state index is -0.676. The van der Waals surface area contributed by atoms with Crippen LogP contribution in [0.1, 0.15) is 5.69 Å². The highest BCUT2D eigenvalue weighted by atomic mass is 19.1. The van der Waals surface area contributed by atoms with Gasteiger partial charge in [0.15, 0.2) is 29.0 Å². The number of aromatic amines is 2. The van der Waals surface area contributed by atoms with Crippen molar-refractivity contribution in [3.63, 3.8) is 0 Å². The molecule has 0 saturated carbocycles. The highest BCUT2D eigenvalue weighted by molar-refractivity contribution is 5.83. The van der Waals surface area contributed by atoms with E-state index in [4.69, 9.17) is 9.15 Å². The zero-order valence-electron chi connectivity index (χ0n) is 20.2. The third-order valence-corrected chi connectivity index (χ3v) is 6.24. The lowest BCUT2D eigenvalue weighted by atomic mass is 10.2. The number of nitrogens with one attached hydrogen (secondary N) is 3. The molecule has 1 aromatic carbocycles. The normalized spacial score (nSPS) is 14.4. The lowest BCUT2D eigenvalue weighted by Crippen LogP contribution is -2.44. The number of hydrogen-bond donors (Lipinski definition) is 3. The molecule has 10 nitrogen and oxygen atoms in total. The number of piperazine rings is 1. The van der Waals surface area contributed by atoms with E-state index >= 15 is 4.39 Å². The first-order valence-electron chi connectivity index (χ1n) is 11.8. The molecule has 6 rings (SSSR count). The van der Waals surface area contributed by atoms with Crippen LogP contribution in [0.25, 0.3) is 22.4 Å². The molecule has 0 spiro atoms. The van der Waals surface area contributed by atoms with E-state index in [1.54, 1.807) is 31.4 Å². The van der Waals surface area contributed by atoms with Crippen LogP contribution in [0.2, 0.25) is 0 Å². The van der Waals surface area contributed by atoms with Crippen LogP contribution in [0.15, 0.2) is 47.1 Å². The molecule has 1 aliphatic heterocycles. The number of fused-ring (bicyclic) bond motifs is 1. The first-order chi connectivity index (χ1) is 17.9. The van der Waals surface area contributed by atoms with Gasteiger partial charge in [0, 0.05) is 55.5 Å². The molecule has 0 bridgehead atoms. The van der Waals surface area contributed by atoms with Gasteiger partial charge >= 0.3 is 0 Å². The summed E-state index contributed by atoms with van der Waals surface area (Å²) in [5.41, 5.74) is 1.41. The van der Waals surface area contributed by atoms with Crippen molar-refractivity contribution in [3.05, 3.63) is 60.0 Å². The van der Waals surface area contributed by atoms with Crippen molar-refractivity contribution in [2.24, 2.45) is 0 Å². The Morgan fingerprint density at radius 2 is 1.92 bits per heavy atom. The molecule has 5 heterocycles. The SMILES string of the molecule is Cc1cc2c(F)c(Oc3cc(N4CCN(C)CC4)nc(Nc4cc(-c5ccco5)[nH]n4)n3)cc(F)c2[nH]1. The second-order valence-corrected chi connectivity index (χ2v) is 8.96. The standard InChI is InChI=1S/C25H24F2N8O2/c1-14-10-15-23(27)19(11-16(26)24(15)28-14)37-22-13-21(35-7-5-34(2)6-8-35)30-25(31-22)29-20-12-17(32-33-20)18-4-3-9-36-18/h3-4,9-13,28H,5-8H2,1-2H3,(H2,29,30,31,32,33). The van der Waals surface area contributed by atoms with Gasteiger partial charge in [-0.15, -0.1) is 0 Å². The number of likely N-dealkylation sites (N-methyl/N-ethyl adjacent to an activating group) is 1. The second kappa shape index (κ2) is 9.21. The summed E-state index contributed by atoms with van der Waals surface area (Å²) in [5, 5.41) is 10.3. The molecule has 1 saturated heterocycles. The summed E-state index contributed by atoms with van der Waals surface area (Å²) >= 11 is 0. The molecular formula is C25H24F2N8O2. The predicted octanol–water partition coefficient (Wildman–Crippen LogP) is 4.82. The van der Waals surface area contributed by atoms with E-state index in [0.29, 0.717) is 28.8 Å². The summed E-state index contributed by atoms with van der Waals surface area (Å²) in [7, 11) is 2.06. The van der Waals surface area contributed by atoms with E-state index in [-0.39, 0.29) is 28.5 Å². The van der Waals surface area contributed by atoms with Crippen LogP contribution in [0.3, 0.4) is 0 Å². The van der Waals surface area contributed by atoms with Gasteiger partial charge in [-0.1, -0.05) is 0 Å². The zero-order valence-corrected chi connectivity index (χ0v) is 20.2. The van der Waals surface area contributed by atoms with Crippen molar-refractivity contribution in [3.8, 4) is 23.1 Å². The van der Waals surface area contributed by atoms with Crippen LogP contribution in [0, 0.1) is 18.6 Å². The Bertz CT molecular complexity index is 1550. The number of ether oxygens (including phenoxy) is 1. The summed E-state index contributed by atoms with van der Waals surface area (Å²) in [6.07, 6.45) is 1.57. The van der Waals surface area contributed by atoms with Crippen LogP contribution < -0.4 is 15.0 Å². The average molecular weight is 507 g/mol. The van der Waals surface area contributed by atoms with Gasteiger partial charge in [0.05, 0.1) is 11.8 Å². The molecule has 0 amide bonds. The van der Waals surface area contributed by atoms with Crippen molar-refractivity contribution in [1.29, 1.82) is 0 Å². The maximum absolute atomic E-state index is 15.2. The molecular weight excluding hydrogens is 482 g/mol. The average Bonchev–Trinajstić information content (AvgIpc) is 3.64. The first kappa shape index (κ1) is 23.0. The van der Waals surface area contributed by atoms with Gasteiger partial charge in [-0.25, -0.2) is 8.78 Å². The highest BCUT2D eigenvalue weighted by Gasteiger charge is 2.21. The first-order valence-corrected chi connectivity index (χ1v) is 11.8. The van der Waals surface area contributed by atoms with E-state index in [1.165, 1.54) is 6.07 Å². The van der Waals surface area contributed by atoms with E-state index in [9.17, 15) is 4.39 Å². The van der Waals surface area contributed by atoms with E-state index < -0.39 is 11.6 Å². The topological polar surface area (TPSA) is 111 Å². The van der Waals surface area contributed by atoms with Crippen LogP contribution in [-0.2, 0) is 0 Å². The summed E-state index contributed by atoms with van der Waals surface area (Å²) in [4.78, 5) is 16.2. The molecule has 5 aromatic rings. The minimum absolute atomic E-state index is 0.0677. The molecule has 4 aromatic heterocycles. The molecule has 1 aliphatic rings. The Balaban J connectivity index is 1.34. The maximum atomic E-state index is 15.2. The van der Waals surface area contributed by atoms with Gasteiger partial charge in [0.2, 0.25) is 11.8 Å². The van der Waals surface area contributed by atoms with Crippen molar-refractivity contribution >= 4 is 28.5 Å². The minimum Gasteiger partial charge on any atom is -0.463 e. The number of rotatable bonds is 6. The van der Waals surface area contributed by atoms with Crippen LogP contribution in [0.5, 0.6) is 11.6 Å². The van der Waals surface area contributed by atoms with Crippen molar-refractivity contribution in [2.45, 2.75) is 6.92 Å². The lowest BCUT2D eigenvalue weighted by molar-refractivity contribution is 0.312.